The summed E-state index contributed by atoms with van der Waals surface area (Å²) in [6.07, 6.45) is -25.8. The van der Waals surface area contributed by atoms with Crippen molar-refractivity contribution in [2.75, 3.05) is 0 Å². The van der Waals surface area contributed by atoms with E-state index in [2.05, 4.69) is 0 Å². The molecule has 1 aromatic carbocycles. The molecule has 0 N–H and O–H groups in total. The number of halogens is 12. The van der Waals surface area contributed by atoms with Crippen LogP contribution in [0.2, 0.25) is 0 Å². The molecule has 0 bridgehead atoms. The fraction of sp³-hybridized carbons (Fsp3) is 0.364. The molecule has 0 saturated carbocycles. The molecule has 0 aromatic heterocycles. The van der Waals surface area contributed by atoms with E-state index in [1.54, 1.807) is 0 Å². The first kappa shape index (κ1) is 20.1. The van der Waals surface area contributed by atoms with Gasteiger partial charge in [-0.15, -0.1) is 0 Å². The Kier molecular flexibility index (Phi) is 4.65. The molecule has 136 valence electrons. The standard InChI is InChI=1S/C11H2F12O/c12-8(13,14)4-1-5(9(15,16)17)7(11(21,22)23)3(2-24)6(4)10(18,19)20/h1-2H. The first-order chi connectivity index (χ1) is 10.4. The Hall–Kier alpha value is -1.95. The van der Waals surface area contributed by atoms with Crippen molar-refractivity contribution in [2.45, 2.75) is 24.7 Å². The lowest BCUT2D eigenvalue weighted by atomic mass is 9.90. The van der Waals surface area contributed by atoms with Crippen LogP contribution in [0, 0.1) is 0 Å². The molecule has 0 radical (unpaired) electrons. The monoisotopic (exact) mass is 378 g/mol. The van der Waals surface area contributed by atoms with Crippen molar-refractivity contribution in [2.24, 2.45) is 0 Å². The van der Waals surface area contributed by atoms with Crippen LogP contribution in [0.25, 0.3) is 0 Å². The van der Waals surface area contributed by atoms with Gasteiger partial charge in [-0.3, -0.25) is 4.79 Å². The number of alkyl halides is 12. The van der Waals surface area contributed by atoms with E-state index < -0.39 is 64.9 Å². The SMILES string of the molecule is O=Cc1c(C(F)(F)F)c(C(F)(F)F)cc(C(F)(F)F)c1C(F)(F)F. The quantitative estimate of drug-likeness (QED) is 0.461. The van der Waals surface area contributed by atoms with E-state index in [4.69, 9.17) is 0 Å². The number of benzene rings is 1. The van der Waals surface area contributed by atoms with Crippen LogP contribution < -0.4 is 0 Å². The topological polar surface area (TPSA) is 17.1 Å². The lowest BCUT2D eigenvalue weighted by Crippen LogP contribution is -2.27. The Balaban J connectivity index is 4.23. The Morgan fingerprint density at radius 1 is 0.583 bits per heavy atom. The lowest BCUT2D eigenvalue weighted by Gasteiger charge is -2.24. The minimum absolute atomic E-state index is 1.31. The van der Waals surface area contributed by atoms with Gasteiger partial charge in [-0.25, -0.2) is 0 Å². The van der Waals surface area contributed by atoms with Crippen LogP contribution >= 0.6 is 0 Å². The summed E-state index contributed by atoms with van der Waals surface area (Å²) in [4.78, 5) is 10.6. The molecule has 0 aliphatic heterocycles. The molecule has 0 heterocycles. The van der Waals surface area contributed by atoms with Crippen molar-refractivity contribution in [1.29, 1.82) is 0 Å². The molecule has 0 saturated heterocycles. The van der Waals surface area contributed by atoms with E-state index in [-0.39, 0.29) is 0 Å². The smallest absolute Gasteiger partial charge is 0.298 e. The zero-order chi connectivity index (χ0) is 19.3. The molecule has 0 fully saturated rings. The summed E-state index contributed by atoms with van der Waals surface area (Å²) < 4.78 is 152. The minimum Gasteiger partial charge on any atom is -0.298 e. The minimum atomic E-state index is -6.16. The molecular weight excluding hydrogens is 376 g/mol. The van der Waals surface area contributed by atoms with Crippen LogP contribution in [-0.4, -0.2) is 6.29 Å². The number of aldehydes is 1. The Morgan fingerprint density at radius 3 is 1.04 bits per heavy atom. The molecule has 1 rings (SSSR count). The first-order valence-corrected chi connectivity index (χ1v) is 5.37. The Morgan fingerprint density at radius 2 is 0.875 bits per heavy atom. The van der Waals surface area contributed by atoms with Gasteiger partial charge >= 0.3 is 24.7 Å². The van der Waals surface area contributed by atoms with E-state index >= 15 is 0 Å². The molecule has 1 aromatic rings. The normalized spacial score (nSPS) is 14.0. The molecule has 13 heteroatoms. The maximum Gasteiger partial charge on any atom is 0.417 e. The molecule has 0 unspecified atom stereocenters. The van der Waals surface area contributed by atoms with Gasteiger partial charge in [0.1, 0.15) is 0 Å². The van der Waals surface area contributed by atoms with Gasteiger partial charge in [0.25, 0.3) is 0 Å². The van der Waals surface area contributed by atoms with E-state index in [0.29, 0.717) is 0 Å². The molecule has 0 aliphatic carbocycles. The summed E-state index contributed by atoms with van der Waals surface area (Å²) in [5.41, 5.74) is -15.1. The highest BCUT2D eigenvalue weighted by Gasteiger charge is 2.53. The highest BCUT2D eigenvalue weighted by Crippen LogP contribution is 2.50. The average molecular weight is 378 g/mol. The van der Waals surface area contributed by atoms with Crippen molar-refractivity contribution >= 4 is 6.29 Å². The van der Waals surface area contributed by atoms with Crippen LogP contribution in [0.1, 0.15) is 32.6 Å². The molecule has 1 nitrogen and oxygen atoms in total. The highest BCUT2D eigenvalue weighted by molar-refractivity contribution is 5.82. The van der Waals surface area contributed by atoms with Gasteiger partial charge in [0.05, 0.1) is 22.3 Å². The second-order valence-corrected chi connectivity index (χ2v) is 4.24. The largest absolute Gasteiger partial charge is 0.417 e. The Bertz CT molecular complexity index is 593. The van der Waals surface area contributed by atoms with E-state index in [0.717, 1.165) is 0 Å². The van der Waals surface area contributed by atoms with Crippen molar-refractivity contribution in [3.63, 3.8) is 0 Å². The van der Waals surface area contributed by atoms with Crippen molar-refractivity contribution in [3.8, 4) is 0 Å². The molecular formula is C11H2F12O. The van der Waals surface area contributed by atoms with E-state index in [9.17, 15) is 57.5 Å². The maximum atomic E-state index is 12.7. The number of rotatable bonds is 1. The third-order valence-electron chi connectivity index (χ3n) is 2.66. The lowest BCUT2D eigenvalue weighted by molar-refractivity contribution is -0.171. The zero-order valence-electron chi connectivity index (χ0n) is 10.6. The maximum absolute atomic E-state index is 12.7. The molecule has 0 amide bonds. The number of carbonyl (C=O) groups excluding carboxylic acids is 1. The first-order valence-electron chi connectivity index (χ1n) is 5.37. The van der Waals surface area contributed by atoms with Crippen LogP contribution in [0.15, 0.2) is 6.07 Å². The summed E-state index contributed by atoms with van der Waals surface area (Å²) in [6.45, 7) is 0. The van der Waals surface area contributed by atoms with Gasteiger partial charge in [0.2, 0.25) is 0 Å². The van der Waals surface area contributed by atoms with E-state index in [1.807, 2.05) is 0 Å². The number of carbonyl (C=O) groups is 1. The molecule has 0 aliphatic rings. The van der Waals surface area contributed by atoms with Crippen molar-refractivity contribution < 1.29 is 57.5 Å². The Labute approximate surface area is 123 Å². The summed E-state index contributed by atoms with van der Waals surface area (Å²) in [7, 11) is 0. The average Bonchev–Trinajstić information content (AvgIpc) is 2.31. The van der Waals surface area contributed by atoms with Gasteiger partial charge < -0.3 is 0 Å². The highest BCUT2D eigenvalue weighted by atomic mass is 19.4. The van der Waals surface area contributed by atoms with Crippen LogP contribution in [-0.2, 0) is 24.7 Å². The fourth-order valence-electron chi connectivity index (χ4n) is 1.88. The number of hydrogen-bond donors (Lipinski definition) is 0. The van der Waals surface area contributed by atoms with Crippen molar-refractivity contribution in [1.82, 2.24) is 0 Å². The third kappa shape index (κ3) is 3.75. The van der Waals surface area contributed by atoms with Gasteiger partial charge in [-0.1, -0.05) is 0 Å². The van der Waals surface area contributed by atoms with Gasteiger partial charge in [0, 0.05) is 5.56 Å². The second kappa shape index (κ2) is 5.55. The molecule has 24 heavy (non-hydrogen) atoms. The predicted octanol–water partition coefficient (Wildman–Crippen LogP) is 5.57. The third-order valence-corrected chi connectivity index (χ3v) is 2.66. The summed E-state index contributed by atoms with van der Waals surface area (Å²) in [6, 6.07) is -1.31. The van der Waals surface area contributed by atoms with Gasteiger partial charge in [-0.05, 0) is 6.07 Å². The summed E-state index contributed by atoms with van der Waals surface area (Å²) in [5.74, 6) is 0. The summed E-state index contributed by atoms with van der Waals surface area (Å²) >= 11 is 0. The zero-order valence-corrected chi connectivity index (χ0v) is 10.6. The van der Waals surface area contributed by atoms with E-state index in [1.165, 1.54) is 0 Å². The molecule has 0 spiro atoms. The number of hydrogen-bond acceptors (Lipinski definition) is 1. The van der Waals surface area contributed by atoms with Gasteiger partial charge in [-0.2, -0.15) is 52.7 Å². The second-order valence-electron chi connectivity index (χ2n) is 4.24. The van der Waals surface area contributed by atoms with Crippen LogP contribution in [0.5, 0.6) is 0 Å². The summed E-state index contributed by atoms with van der Waals surface area (Å²) in [5, 5.41) is 0. The predicted molar refractivity (Wildman–Crippen MR) is 51.8 cm³/mol. The van der Waals surface area contributed by atoms with Crippen LogP contribution in [0.4, 0.5) is 52.7 Å². The van der Waals surface area contributed by atoms with Crippen LogP contribution in [0.3, 0.4) is 0 Å². The molecule has 0 atom stereocenters. The van der Waals surface area contributed by atoms with Crippen molar-refractivity contribution in [3.05, 3.63) is 33.9 Å². The fourth-order valence-corrected chi connectivity index (χ4v) is 1.88. The van der Waals surface area contributed by atoms with Gasteiger partial charge in [0.15, 0.2) is 6.29 Å².